The first kappa shape index (κ1) is 14.9. The Balaban J connectivity index is 2.28. The topological polar surface area (TPSA) is 106 Å². The van der Waals surface area contributed by atoms with Crippen molar-refractivity contribution in [3.63, 3.8) is 0 Å². The van der Waals surface area contributed by atoms with Gasteiger partial charge in [-0.3, -0.25) is 10.6 Å². The average molecular weight is 286 g/mol. The van der Waals surface area contributed by atoms with Gasteiger partial charge in [-0.25, -0.2) is 15.0 Å². The van der Waals surface area contributed by atoms with Gasteiger partial charge in [0.2, 0.25) is 0 Å². The van der Waals surface area contributed by atoms with Crippen LogP contribution >= 0.6 is 0 Å². The third-order valence-electron chi connectivity index (χ3n) is 2.85. The summed E-state index contributed by atoms with van der Waals surface area (Å²) in [5.74, 6) is 6.16. The van der Waals surface area contributed by atoms with E-state index in [-0.39, 0.29) is 17.5 Å². The lowest BCUT2D eigenvalue weighted by Crippen LogP contribution is -2.21. The molecule has 2 rings (SSSR count). The van der Waals surface area contributed by atoms with Crippen molar-refractivity contribution in [1.29, 1.82) is 0 Å². The molecular weight excluding hydrogens is 268 g/mol. The van der Waals surface area contributed by atoms with Gasteiger partial charge in [0.25, 0.3) is 5.91 Å². The van der Waals surface area contributed by atoms with Gasteiger partial charge in [0.05, 0.1) is 11.9 Å². The standard InChI is InChI=1S/C14H18N6O/c1-8(2)13-17-7-10(20-15)12(19-13)14(21)18-11-5-4-9(3)6-16-11/h4-8,20H,15H2,1-3H3,(H,16,18,21). The normalized spacial score (nSPS) is 10.5. The maximum Gasteiger partial charge on any atom is 0.277 e. The van der Waals surface area contributed by atoms with E-state index in [9.17, 15) is 4.79 Å². The summed E-state index contributed by atoms with van der Waals surface area (Å²) in [7, 11) is 0. The highest BCUT2D eigenvalue weighted by Crippen LogP contribution is 2.16. The van der Waals surface area contributed by atoms with Crippen LogP contribution in [0.15, 0.2) is 24.5 Å². The molecule has 0 saturated carbocycles. The summed E-state index contributed by atoms with van der Waals surface area (Å²) in [5, 5.41) is 2.69. The van der Waals surface area contributed by atoms with Crippen LogP contribution in [0.5, 0.6) is 0 Å². The van der Waals surface area contributed by atoms with Gasteiger partial charge < -0.3 is 10.7 Å². The number of nitrogens with zero attached hydrogens (tertiary/aromatic N) is 3. The van der Waals surface area contributed by atoms with E-state index < -0.39 is 0 Å². The summed E-state index contributed by atoms with van der Waals surface area (Å²) < 4.78 is 0. The molecule has 2 heterocycles. The molecule has 0 unspecified atom stereocenters. The molecule has 0 fully saturated rings. The van der Waals surface area contributed by atoms with Crippen molar-refractivity contribution in [3.05, 3.63) is 41.6 Å². The Bertz CT molecular complexity index is 638. The van der Waals surface area contributed by atoms with Crippen LogP contribution in [-0.4, -0.2) is 20.9 Å². The molecule has 7 nitrogen and oxygen atoms in total. The Morgan fingerprint density at radius 1 is 1.24 bits per heavy atom. The SMILES string of the molecule is Cc1ccc(NC(=O)c2nc(C(C)C)ncc2NN)nc1. The zero-order valence-electron chi connectivity index (χ0n) is 12.2. The average Bonchev–Trinajstić information content (AvgIpc) is 2.48. The fourth-order valence-corrected chi connectivity index (χ4v) is 1.67. The fraction of sp³-hybridized carbons (Fsp3) is 0.286. The summed E-state index contributed by atoms with van der Waals surface area (Å²) in [4.78, 5) is 24.9. The summed E-state index contributed by atoms with van der Waals surface area (Å²) in [5.41, 5.74) is 4.00. The maximum absolute atomic E-state index is 12.3. The lowest BCUT2D eigenvalue weighted by atomic mass is 10.2. The lowest BCUT2D eigenvalue weighted by molar-refractivity contribution is 0.102. The smallest absolute Gasteiger partial charge is 0.277 e. The number of pyridine rings is 1. The number of amides is 1. The number of aromatic nitrogens is 3. The van der Waals surface area contributed by atoms with Crippen molar-refractivity contribution in [1.82, 2.24) is 15.0 Å². The van der Waals surface area contributed by atoms with E-state index in [4.69, 9.17) is 5.84 Å². The second kappa shape index (κ2) is 6.27. The molecule has 2 aromatic rings. The van der Waals surface area contributed by atoms with E-state index in [2.05, 4.69) is 25.7 Å². The van der Waals surface area contributed by atoms with Gasteiger partial charge in [0.1, 0.15) is 11.6 Å². The van der Waals surface area contributed by atoms with E-state index in [0.29, 0.717) is 17.3 Å². The first-order chi connectivity index (χ1) is 10.0. The molecular formula is C14H18N6O. The van der Waals surface area contributed by atoms with Crippen LogP contribution < -0.4 is 16.6 Å². The quantitative estimate of drug-likeness (QED) is 0.585. The monoisotopic (exact) mass is 286 g/mol. The van der Waals surface area contributed by atoms with E-state index in [0.717, 1.165) is 5.56 Å². The predicted octanol–water partition coefficient (Wildman–Crippen LogP) is 1.84. The number of carbonyl (C=O) groups excluding carboxylic acids is 1. The number of hydrogen-bond acceptors (Lipinski definition) is 6. The second-order valence-electron chi connectivity index (χ2n) is 4.96. The van der Waals surface area contributed by atoms with Crippen molar-refractivity contribution in [2.24, 2.45) is 5.84 Å². The van der Waals surface area contributed by atoms with Gasteiger partial charge in [0.15, 0.2) is 5.69 Å². The molecule has 0 spiro atoms. The van der Waals surface area contributed by atoms with Gasteiger partial charge in [0, 0.05) is 12.1 Å². The zero-order chi connectivity index (χ0) is 15.4. The number of aryl methyl sites for hydroxylation is 1. The van der Waals surface area contributed by atoms with Crippen molar-refractivity contribution in [2.75, 3.05) is 10.7 Å². The molecule has 4 N–H and O–H groups in total. The summed E-state index contributed by atoms with van der Waals surface area (Å²) in [6, 6.07) is 3.59. The Morgan fingerprint density at radius 2 is 2.00 bits per heavy atom. The van der Waals surface area contributed by atoms with Crippen LogP contribution in [0, 0.1) is 6.92 Å². The summed E-state index contributed by atoms with van der Waals surface area (Å²) in [6.07, 6.45) is 3.18. The number of carbonyl (C=O) groups is 1. The first-order valence-electron chi connectivity index (χ1n) is 6.59. The molecule has 0 radical (unpaired) electrons. The molecule has 110 valence electrons. The summed E-state index contributed by atoms with van der Waals surface area (Å²) >= 11 is 0. The zero-order valence-corrected chi connectivity index (χ0v) is 12.2. The first-order valence-corrected chi connectivity index (χ1v) is 6.59. The third kappa shape index (κ3) is 3.51. The number of rotatable bonds is 4. The largest absolute Gasteiger partial charge is 0.321 e. The van der Waals surface area contributed by atoms with E-state index in [1.807, 2.05) is 26.8 Å². The van der Waals surface area contributed by atoms with Gasteiger partial charge in [-0.05, 0) is 18.6 Å². The lowest BCUT2D eigenvalue weighted by Gasteiger charge is -2.11. The van der Waals surface area contributed by atoms with Crippen LogP contribution in [0.4, 0.5) is 11.5 Å². The molecule has 0 bridgehead atoms. The molecule has 0 aliphatic heterocycles. The minimum Gasteiger partial charge on any atom is -0.321 e. The molecule has 7 heteroatoms. The van der Waals surface area contributed by atoms with Gasteiger partial charge in [-0.15, -0.1) is 0 Å². The van der Waals surface area contributed by atoms with E-state index in [1.54, 1.807) is 12.3 Å². The Kier molecular flexibility index (Phi) is 4.44. The van der Waals surface area contributed by atoms with Crippen LogP contribution in [0.25, 0.3) is 0 Å². The number of nitrogens with one attached hydrogen (secondary N) is 2. The number of nitrogens with two attached hydrogens (primary N) is 1. The molecule has 0 saturated heterocycles. The Labute approximate surface area is 123 Å². The number of nitrogen functional groups attached to an aromatic ring is 1. The van der Waals surface area contributed by atoms with Crippen molar-refractivity contribution < 1.29 is 4.79 Å². The van der Waals surface area contributed by atoms with Gasteiger partial charge in [-0.1, -0.05) is 19.9 Å². The molecule has 1 amide bonds. The van der Waals surface area contributed by atoms with Gasteiger partial charge in [-0.2, -0.15) is 0 Å². The van der Waals surface area contributed by atoms with Crippen molar-refractivity contribution in [3.8, 4) is 0 Å². The second-order valence-corrected chi connectivity index (χ2v) is 4.96. The minimum absolute atomic E-state index is 0.112. The number of hydrogen-bond donors (Lipinski definition) is 3. The van der Waals surface area contributed by atoms with Gasteiger partial charge >= 0.3 is 0 Å². The highest BCUT2D eigenvalue weighted by atomic mass is 16.2. The van der Waals surface area contributed by atoms with Crippen molar-refractivity contribution in [2.45, 2.75) is 26.7 Å². The predicted molar refractivity (Wildman–Crippen MR) is 80.9 cm³/mol. The van der Waals surface area contributed by atoms with Crippen molar-refractivity contribution >= 4 is 17.4 Å². The van der Waals surface area contributed by atoms with E-state index in [1.165, 1.54) is 6.20 Å². The third-order valence-corrected chi connectivity index (χ3v) is 2.85. The number of anilines is 2. The molecule has 0 aliphatic carbocycles. The van der Waals surface area contributed by atoms with Crippen LogP contribution in [0.2, 0.25) is 0 Å². The van der Waals surface area contributed by atoms with E-state index >= 15 is 0 Å². The van der Waals surface area contributed by atoms with Crippen LogP contribution in [-0.2, 0) is 0 Å². The fourth-order valence-electron chi connectivity index (χ4n) is 1.67. The Morgan fingerprint density at radius 3 is 2.57 bits per heavy atom. The van der Waals surface area contributed by atoms with Crippen LogP contribution in [0.1, 0.15) is 41.6 Å². The number of hydrazine groups is 1. The molecule has 21 heavy (non-hydrogen) atoms. The molecule has 0 aromatic carbocycles. The summed E-state index contributed by atoms with van der Waals surface area (Å²) in [6.45, 7) is 5.83. The molecule has 0 aliphatic rings. The Hall–Kier alpha value is -2.54. The highest BCUT2D eigenvalue weighted by Gasteiger charge is 2.16. The molecule has 2 aromatic heterocycles. The molecule has 0 atom stereocenters. The van der Waals surface area contributed by atoms with Crippen LogP contribution in [0.3, 0.4) is 0 Å². The minimum atomic E-state index is -0.386. The highest BCUT2D eigenvalue weighted by molar-refractivity contribution is 6.05. The maximum atomic E-state index is 12.3.